The molecule has 0 fully saturated rings. The summed E-state index contributed by atoms with van der Waals surface area (Å²) in [5, 5.41) is 2.52. The van der Waals surface area contributed by atoms with Gasteiger partial charge in [-0.05, 0) is 137 Å². The fourth-order valence-corrected chi connectivity index (χ4v) is 13.2. The second-order valence-corrected chi connectivity index (χ2v) is 19.0. The molecule has 320 valence electrons. The third kappa shape index (κ3) is 5.04. The van der Waals surface area contributed by atoms with Crippen molar-refractivity contribution >= 4 is 21.8 Å². The minimum atomic E-state index is -0.574. The summed E-state index contributed by atoms with van der Waals surface area (Å²) in [6.07, 6.45) is 0. The Labute approximate surface area is 401 Å². The molecule has 11 aromatic carbocycles. The Morgan fingerprint density at radius 1 is 0.232 bits per heavy atom. The van der Waals surface area contributed by atoms with Crippen LogP contribution in [0.1, 0.15) is 44.5 Å². The Hall–Kier alpha value is -8.78. The number of hydrogen-bond acceptors (Lipinski definition) is 0. The van der Waals surface area contributed by atoms with Crippen LogP contribution in [0.2, 0.25) is 0 Å². The standard InChI is InChI=1S/C68H43N/c1-3-18-44(19-4-1)48-38-40-61-63(43-48)67(56-27-11-7-22-51(56)52-23-8-12-28-57(52)67)59-30-14-15-31-60(59)68(61)58-29-13-9-25-54(58)66-50(26-17-32-62(66)68)46-36-34-45(35-37-46)47-39-41-65-55(42-47)53-24-10-16-33-64(53)69(65)49-20-5-2-6-21-49/h1-43H. The van der Waals surface area contributed by atoms with E-state index in [-0.39, 0.29) is 0 Å². The molecule has 0 aliphatic heterocycles. The molecule has 0 bridgehead atoms. The van der Waals surface area contributed by atoms with Crippen LogP contribution in [0.3, 0.4) is 0 Å². The Morgan fingerprint density at radius 2 is 0.681 bits per heavy atom. The second kappa shape index (κ2) is 14.4. The molecular weight excluding hydrogens is 831 g/mol. The van der Waals surface area contributed by atoms with Gasteiger partial charge in [0.2, 0.25) is 0 Å². The molecule has 1 atom stereocenters. The topological polar surface area (TPSA) is 4.93 Å². The zero-order valence-electron chi connectivity index (χ0n) is 37.8. The van der Waals surface area contributed by atoms with E-state index in [1.807, 2.05) is 0 Å². The quantitative estimate of drug-likeness (QED) is 0.166. The van der Waals surface area contributed by atoms with Gasteiger partial charge < -0.3 is 4.57 Å². The van der Waals surface area contributed by atoms with Crippen LogP contribution >= 0.6 is 0 Å². The molecule has 1 nitrogen and oxygen atoms in total. The van der Waals surface area contributed by atoms with Gasteiger partial charge in [0.15, 0.2) is 0 Å². The highest BCUT2D eigenvalue weighted by atomic mass is 15.0. The van der Waals surface area contributed by atoms with Crippen molar-refractivity contribution in [1.29, 1.82) is 0 Å². The van der Waals surface area contributed by atoms with Gasteiger partial charge in [-0.25, -0.2) is 0 Å². The van der Waals surface area contributed by atoms with E-state index < -0.39 is 10.8 Å². The van der Waals surface area contributed by atoms with Gasteiger partial charge in [-0.3, -0.25) is 0 Å². The Balaban J connectivity index is 0.945. The highest BCUT2D eigenvalue weighted by molar-refractivity contribution is 6.10. The zero-order chi connectivity index (χ0) is 45.3. The lowest BCUT2D eigenvalue weighted by atomic mass is 9.52. The van der Waals surface area contributed by atoms with E-state index in [2.05, 4.69) is 265 Å². The van der Waals surface area contributed by atoms with E-state index in [4.69, 9.17) is 0 Å². The molecule has 1 heteroatoms. The third-order valence-corrected chi connectivity index (χ3v) is 15.9. The molecule has 2 spiro atoms. The number of fused-ring (bicyclic) bond motifs is 19. The average Bonchev–Trinajstić information content (AvgIpc) is 4.03. The van der Waals surface area contributed by atoms with Gasteiger partial charge >= 0.3 is 0 Å². The first-order valence-corrected chi connectivity index (χ1v) is 24.2. The van der Waals surface area contributed by atoms with Crippen LogP contribution in [-0.2, 0) is 10.8 Å². The number of rotatable bonds is 4. The largest absolute Gasteiger partial charge is 0.309 e. The molecule has 12 aromatic rings. The van der Waals surface area contributed by atoms with Crippen molar-refractivity contribution in [1.82, 2.24) is 4.57 Å². The minimum Gasteiger partial charge on any atom is -0.309 e. The summed E-state index contributed by atoms with van der Waals surface area (Å²) in [4.78, 5) is 0. The van der Waals surface area contributed by atoms with Gasteiger partial charge in [-0.15, -0.1) is 0 Å². The minimum absolute atomic E-state index is 0.528. The maximum Gasteiger partial charge on any atom is 0.0720 e. The van der Waals surface area contributed by atoms with Crippen molar-refractivity contribution in [2.75, 3.05) is 0 Å². The van der Waals surface area contributed by atoms with E-state index in [0.29, 0.717) is 0 Å². The molecule has 1 heterocycles. The van der Waals surface area contributed by atoms with Crippen molar-refractivity contribution in [2.45, 2.75) is 10.8 Å². The first-order valence-electron chi connectivity index (χ1n) is 24.2. The van der Waals surface area contributed by atoms with Crippen LogP contribution in [0.5, 0.6) is 0 Å². The zero-order valence-corrected chi connectivity index (χ0v) is 37.8. The number of benzene rings is 11. The Bertz CT molecular complexity index is 4020. The number of para-hydroxylation sites is 2. The normalized spacial score (nSPS) is 15.4. The number of nitrogens with zero attached hydrogens (tertiary/aromatic N) is 1. The van der Waals surface area contributed by atoms with E-state index in [1.165, 1.54) is 128 Å². The molecule has 15 rings (SSSR count). The predicted molar refractivity (Wildman–Crippen MR) is 285 cm³/mol. The summed E-state index contributed by atoms with van der Waals surface area (Å²) < 4.78 is 2.38. The maximum absolute atomic E-state index is 2.54. The summed E-state index contributed by atoms with van der Waals surface area (Å²) in [6, 6.07) is 98.1. The van der Waals surface area contributed by atoms with Crippen LogP contribution in [0, 0.1) is 0 Å². The van der Waals surface area contributed by atoms with Gasteiger partial charge in [0.05, 0.1) is 21.9 Å². The number of aromatic nitrogens is 1. The molecule has 0 N–H and O–H groups in total. The lowest BCUT2D eigenvalue weighted by Crippen LogP contribution is -2.43. The molecule has 0 saturated carbocycles. The molecule has 69 heavy (non-hydrogen) atoms. The highest BCUT2D eigenvalue weighted by Crippen LogP contribution is 2.68. The molecule has 0 amide bonds. The highest BCUT2D eigenvalue weighted by Gasteiger charge is 2.59. The smallest absolute Gasteiger partial charge is 0.0720 e. The SMILES string of the molecule is c1ccc(-c2ccc3c(c2)C2(c4ccccc4-c4ccccc42)c2ccccc2C32c3ccccc3-c3c(-c4ccc(-c5ccc6c(c5)c5ccccc5n6-c5ccccc5)cc4)cccc32)cc1. The van der Waals surface area contributed by atoms with Crippen LogP contribution in [-0.4, -0.2) is 4.57 Å². The van der Waals surface area contributed by atoms with Crippen molar-refractivity contribution in [3.05, 3.63) is 305 Å². The molecule has 3 aliphatic rings. The molecule has 1 unspecified atom stereocenters. The Kier molecular flexibility index (Phi) is 7.98. The average molecular weight is 874 g/mol. The molecule has 0 radical (unpaired) electrons. The van der Waals surface area contributed by atoms with Gasteiger partial charge in [-0.1, -0.05) is 224 Å². The summed E-state index contributed by atoms with van der Waals surface area (Å²) in [6.45, 7) is 0. The van der Waals surface area contributed by atoms with Crippen LogP contribution in [0.4, 0.5) is 0 Å². The monoisotopic (exact) mass is 873 g/mol. The van der Waals surface area contributed by atoms with E-state index in [1.54, 1.807) is 0 Å². The van der Waals surface area contributed by atoms with Gasteiger partial charge in [0.25, 0.3) is 0 Å². The van der Waals surface area contributed by atoms with E-state index >= 15 is 0 Å². The van der Waals surface area contributed by atoms with Crippen LogP contribution < -0.4 is 0 Å². The van der Waals surface area contributed by atoms with Crippen LogP contribution in [0.25, 0.3) is 83.1 Å². The summed E-state index contributed by atoms with van der Waals surface area (Å²) in [5.74, 6) is 0. The lowest BCUT2D eigenvalue weighted by Gasteiger charge is -2.49. The number of hydrogen-bond donors (Lipinski definition) is 0. The van der Waals surface area contributed by atoms with Gasteiger partial charge in [0.1, 0.15) is 0 Å². The van der Waals surface area contributed by atoms with Crippen molar-refractivity contribution in [2.24, 2.45) is 0 Å². The van der Waals surface area contributed by atoms with Crippen LogP contribution in [0.15, 0.2) is 261 Å². The lowest BCUT2D eigenvalue weighted by molar-refractivity contribution is 0.633. The fraction of sp³-hybridized carbons (Fsp3) is 0.0294. The molecule has 3 aliphatic carbocycles. The predicted octanol–water partition coefficient (Wildman–Crippen LogP) is 16.8. The second-order valence-electron chi connectivity index (χ2n) is 19.0. The molecular formula is C68H43N. The summed E-state index contributed by atoms with van der Waals surface area (Å²) in [7, 11) is 0. The first-order chi connectivity index (χ1) is 34.2. The fourth-order valence-electron chi connectivity index (χ4n) is 13.2. The summed E-state index contributed by atoms with van der Waals surface area (Å²) >= 11 is 0. The third-order valence-electron chi connectivity index (χ3n) is 15.9. The van der Waals surface area contributed by atoms with E-state index in [0.717, 1.165) is 0 Å². The summed E-state index contributed by atoms with van der Waals surface area (Å²) in [5.41, 5.74) is 25.8. The first kappa shape index (κ1) is 38.3. The maximum atomic E-state index is 2.54. The van der Waals surface area contributed by atoms with Crippen molar-refractivity contribution in [3.8, 4) is 61.3 Å². The van der Waals surface area contributed by atoms with Gasteiger partial charge in [0, 0.05) is 16.5 Å². The van der Waals surface area contributed by atoms with Crippen molar-refractivity contribution in [3.63, 3.8) is 0 Å². The van der Waals surface area contributed by atoms with Crippen molar-refractivity contribution < 1.29 is 0 Å². The van der Waals surface area contributed by atoms with E-state index in [9.17, 15) is 0 Å². The van der Waals surface area contributed by atoms with Gasteiger partial charge in [-0.2, -0.15) is 0 Å². The molecule has 0 saturated heterocycles. The molecule has 1 aromatic heterocycles. The Morgan fingerprint density at radius 3 is 1.39 bits per heavy atom.